The quantitative estimate of drug-likeness (QED) is 0.553. The van der Waals surface area contributed by atoms with E-state index in [0.717, 1.165) is 31.7 Å². The second kappa shape index (κ2) is 8.74. The number of unbranched alkanes of at least 4 members (excludes halogenated alkanes) is 1. The van der Waals surface area contributed by atoms with Gasteiger partial charge in [-0.25, -0.2) is 0 Å². The van der Waals surface area contributed by atoms with E-state index in [1.807, 2.05) is 20.9 Å². The number of hydrogen-bond donors (Lipinski definition) is 1. The molecule has 4 nitrogen and oxygen atoms in total. The minimum atomic E-state index is -0.545. The van der Waals surface area contributed by atoms with Crippen LogP contribution < -0.4 is 5.32 Å². The average Bonchev–Trinajstić information content (AvgIpc) is 2.47. The van der Waals surface area contributed by atoms with Crippen LogP contribution in [0.1, 0.15) is 59.8 Å². The first-order valence-corrected chi connectivity index (χ1v) is 8.53. The van der Waals surface area contributed by atoms with Crippen LogP contribution in [0.25, 0.3) is 0 Å². The summed E-state index contributed by atoms with van der Waals surface area (Å²) in [6.07, 6.45) is 5.71. The molecule has 0 aliphatic carbocycles. The van der Waals surface area contributed by atoms with Crippen molar-refractivity contribution in [3.63, 3.8) is 0 Å². The summed E-state index contributed by atoms with van der Waals surface area (Å²) in [5, 5.41) is 3.13. The van der Waals surface area contributed by atoms with Gasteiger partial charge in [0.05, 0.1) is 6.61 Å². The third kappa shape index (κ3) is 5.59. The second-order valence-electron chi connectivity index (χ2n) is 6.79. The van der Waals surface area contributed by atoms with E-state index in [2.05, 4.69) is 24.1 Å². The lowest BCUT2D eigenvalue weighted by Gasteiger charge is -2.37. The van der Waals surface area contributed by atoms with Crippen LogP contribution in [0, 0.1) is 5.92 Å². The fourth-order valence-electron chi connectivity index (χ4n) is 3.10. The van der Waals surface area contributed by atoms with E-state index in [9.17, 15) is 4.79 Å². The van der Waals surface area contributed by atoms with Crippen molar-refractivity contribution in [1.29, 1.82) is 0 Å². The molecule has 0 aromatic rings. The van der Waals surface area contributed by atoms with Gasteiger partial charge in [0.15, 0.2) is 0 Å². The summed E-state index contributed by atoms with van der Waals surface area (Å²) in [6.45, 7) is 11.3. The molecule has 124 valence electrons. The third-order valence-electron chi connectivity index (χ3n) is 4.90. The van der Waals surface area contributed by atoms with Gasteiger partial charge in [-0.1, -0.05) is 6.92 Å². The van der Waals surface area contributed by atoms with Crippen molar-refractivity contribution in [2.24, 2.45) is 5.92 Å². The number of likely N-dealkylation sites (N-methyl/N-ethyl adjacent to an activating group) is 1. The third-order valence-corrected chi connectivity index (χ3v) is 4.90. The smallest absolute Gasteiger partial charge is 0.326 e. The summed E-state index contributed by atoms with van der Waals surface area (Å²) in [6, 6.07) is 0.710. The van der Waals surface area contributed by atoms with Gasteiger partial charge in [0.2, 0.25) is 0 Å². The lowest BCUT2D eigenvalue weighted by Crippen LogP contribution is -2.48. The number of ether oxygens (including phenoxy) is 1. The molecule has 0 amide bonds. The van der Waals surface area contributed by atoms with Gasteiger partial charge in [-0.2, -0.15) is 0 Å². The topological polar surface area (TPSA) is 41.6 Å². The standard InChI is InChI=1S/C17H34N2O2/c1-6-21-16(20)17(4,18-5)11-7-8-12-19-13-14(2)9-10-15(19)3/h14-15,18H,6-13H2,1-5H3. The van der Waals surface area contributed by atoms with Crippen molar-refractivity contribution in [2.75, 3.05) is 26.7 Å². The Morgan fingerprint density at radius 2 is 2.05 bits per heavy atom. The van der Waals surface area contributed by atoms with Crippen molar-refractivity contribution >= 4 is 5.97 Å². The molecule has 21 heavy (non-hydrogen) atoms. The molecule has 1 N–H and O–H groups in total. The minimum absolute atomic E-state index is 0.132. The number of carbonyl (C=O) groups excluding carboxylic acids is 1. The van der Waals surface area contributed by atoms with E-state index >= 15 is 0 Å². The summed E-state index contributed by atoms with van der Waals surface area (Å²) in [4.78, 5) is 14.6. The van der Waals surface area contributed by atoms with Crippen LogP contribution in [-0.2, 0) is 9.53 Å². The van der Waals surface area contributed by atoms with Gasteiger partial charge in [-0.05, 0) is 72.4 Å². The monoisotopic (exact) mass is 298 g/mol. The minimum Gasteiger partial charge on any atom is -0.465 e. The van der Waals surface area contributed by atoms with Crippen molar-refractivity contribution in [3.05, 3.63) is 0 Å². The zero-order chi connectivity index (χ0) is 15.9. The Bertz CT molecular complexity index is 322. The fourth-order valence-corrected chi connectivity index (χ4v) is 3.10. The molecule has 0 bridgehead atoms. The van der Waals surface area contributed by atoms with Crippen LogP contribution in [0.2, 0.25) is 0 Å². The van der Waals surface area contributed by atoms with Crippen molar-refractivity contribution in [2.45, 2.75) is 71.4 Å². The van der Waals surface area contributed by atoms with Crippen molar-refractivity contribution in [3.8, 4) is 0 Å². The Morgan fingerprint density at radius 3 is 2.67 bits per heavy atom. The highest BCUT2D eigenvalue weighted by atomic mass is 16.5. The molecule has 0 radical (unpaired) electrons. The van der Waals surface area contributed by atoms with Crippen LogP contribution in [0.15, 0.2) is 0 Å². The fraction of sp³-hybridized carbons (Fsp3) is 0.941. The summed E-state index contributed by atoms with van der Waals surface area (Å²) >= 11 is 0. The Morgan fingerprint density at radius 1 is 1.33 bits per heavy atom. The number of nitrogens with zero attached hydrogens (tertiary/aromatic N) is 1. The van der Waals surface area contributed by atoms with Gasteiger partial charge in [-0.3, -0.25) is 4.79 Å². The van der Waals surface area contributed by atoms with Crippen molar-refractivity contribution in [1.82, 2.24) is 10.2 Å². The van der Waals surface area contributed by atoms with E-state index in [0.29, 0.717) is 12.6 Å². The normalized spacial score (nSPS) is 26.3. The number of likely N-dealkylation sites (tertiary alicyclic amines) is 1. The van der Waals surface area contributed by atoms with Gasteiger partial charge >= 0.3 is 5.97 Å². The Balaban J connectivity index is 2.33. The van der Waals surface area contributed by atoms with Crippen LogP contribution in [0.3, 0.4) is 0 Å². The van der Waals surface area contributed by atoms with Crippen molar-refractivity contribution < 1.29 is 9.53 Å². The van der Waals surface area contributed by atoms with E-state index in [1.54, 1.807) is 0 Å². The lowest BCUT2D eigenvalue weighted by molar-refractivity contribution is -0.150. The zero-order valence-corrected chi connectivity index (χ0v) is 14.6. The highest BCUT2D eigenvalue weighted by molar-refractivity contribution is 5.80. The molecule has 1 heterocycles. The molecule has 0 saturated carbocycles. The molecule has 0 aromatic carbocycles. The van der Waals surface area contributed by atoms with E-state index in [4.69, 9.17) is 4.74 Å². The maximum Gasteiger partial charge on any atom is 0.326 e. The Labute approximate surface area is 130 Å². The Hall–Kier alpha value is -0.610. The maximum atomic E-state index is 12.0. The van der Waals surface area contributed by atoms with Gasteiger partial charge in [0.1, 0.15) is 5.54 Å². The highest BCUT2D eigenvalue weighted by Crippen LogP contribution is 2.22. The largest absolute Gasteiger partial charge is 0.465 e. The molecule has 3 unspecified atom stereocenters. The Kier molecular flexibility index (Phi) is 7.67. The number of hydrogen-bond acceptors (Lipinski definition) is 4. The first-order valence-electron chi connectivity index (χ1n) is 8.53. The molecule has 0 spiro atoms. The molecule has 1 rings (SSSR count). The summed E-state index contributed by atoms with van der Waals surface area (Å²) in [7, 11) is 1.84. The number of carbonyl (C=O) groups is 1. The molecule has 3 atom stereocenters. The molecular formula is C17H34N2O2. The highest BCUT2D eigenvalue weighted by Gasteiger charge is 2.32. The average molecular weight is 298 g/mol. The molecule has 4 heteroatoms. The summed E-state index contributed by atoms with van der Waals surface area (Å²) < 4.78 is 5.16. The molecular weight excluding hydrogens is 264 g/mol. The van der Waals surface area contributed by atoms with Crippen LogP contribution in [-0.4, -0.2) is 49.2 Å². The second-order valence-corrected chi connectivity index (χ2v) is 6.79. The van der Waals surface area contributed by atoms with Crippen LogP contribution in [0.5, 0.6) is 0 Å². The number of nitrogens with one attached hydrogen (secondary N) is 1. The number of esters is 1. The lowest BCUT2D eigenvalue weighted by atomic mass is 9.93. The van der Waals surface area contributed by atoms with E-state index < -0.39 is 5.54 Å². The first kappa shape index (κ1) is 18.4. The van der Waals surface area contributed by atoms with Gasteiger partial charge in [0, 0.05) is 12.6 Å². The number of rotatable bonds is 8. The first-order chi connectivity index (χ1) is 9.92. The summed E-state index contributed by atoms with van der Waals surface area (Å²) in [5.74, 6) is 0.691. The summed E-state index contributed by atoms with van der Waals surface area (Å²) in [5.41, 5.74) is -0.545. The molecule has 1 aliphatic rings. The number of piperidine rings is 1. The van der Waals surface area contributed by atoms with Gasteiger partial charge in [-0.15, -0.1) is 0 Å². The van der Waals surface area contributed by atoms with Crippen LogP contribution in [0.4, 0.5) is 0 Å². The van der Waals surface area contributed by atoms with Crippen LogP contribution >= 0.6 is 0 Å². The molecule has 1 saturated heterocycles. The van der Waals surface area contributed by atoms with Gasteiger partial charge in [0.25, 0.3) is 0 Å². The molecule has 1 fully saturated rings. The van der Waals surface area contributed by atoms with Gasteiger partial charge < -0.3 is 15.0 Å². The van der Waals surface area contributed by atoms with E-state index in [1.165, 1.54) is 19.4 Å². The molecule has 0 aromatic heterocycles. The zero-order valence-electron chi connectivity index (χ0n) is 14.6. The maximum absolute atomic E-state index is 12.0. The predicted octanol–water partition coefficient (Wildman–Crippen LogP) is 2.82. The van der Waals surface area contributed by atoms with E-state index in [-0.39, 0.29) is 5.97 Å². The molecule has 1 aliphatic heterocycles. The SMILES string of the molecule is CCOC(=O)C(C)(CCCCN1CC(C)CCC1C)NC. The predicted molar refractivity (Wildman–Crippen MR) is 87.4 cm³/mol.